The number of likely N-dealkylation sites (tertiary alicyclic amines) is 1. The third-order valence-electron chi connectivity index (χ3n) is 4.51. The second-order valence-electron chi connectivity index (χ2n) is 7.88. The van der Waals surface area contributed by atoms with Crippen molar-refractivity contribution in [2.45, 2.75) is 46.5 Å². The van der Waals surface area contributed by atoms with Crippen LogP contribution < -0.4 is 10.6 Å². The molecular weight excluding hydrogens is 314 g/mol. The molecule has 6 heteroatoms. The van der Waals surface area contributed by atoms with E-state index in [9.17, 15) is 9.59 Å². The molecule has 1 saturated heterocycles. The average molecular weight is 346 g/mol. The molecule has 0 bridgehead atoms. The summed E-state index contributed by atoms with van der Waals surface area (Å²) in [5.41, 5.74) is -0.350. The largest absolute Gasteiger partial charge is 0.355 e. The summed E-state index contributed by atoms with van der Waals surface area (Å²) >= 11 is 0. The molecule has 1 aliphatic heterocycles. The summed E-state index contributed by atoms with van der Waals surface area (Å²) in [5, 5.41) is 6.29. The van der Waals surface area contributed by atoms with Gasteiger partial charge in [0, 0.05) is 25.0 Å². The molecule has 1 saturated carbocycles. The highest BCUT2D eigenvalue weighted by atomic mass is 35.5. The van der Waals surface area contributed by atoms with Crippen LogP contribution in [-0.2, 0) is 9.59 Å². The van der Waals surface area contributed by atoms with Crippen LogP contribution in [0.2, 0.25) is 0 Å². The summed E-state index contributed by atoms with van der Waals surface area (Å²) < 4.78 is 0. The van der Waals surface area contributed by atoms with Gasteiger partial charge in [-0.3, -0.25) is 9.59 Å². The molecule has 2 N–H and O–H groups in total. The summed E-state index contributed by atoms with van der Waals surface area (Å²) in [6, 6.07) is 0. The van der Waals surface area contributed by atoms with E-state index in [1.54, 1.807) is 0 Å². The van der Waals surface area contributed by atoms with Crippen LogP contribution >= 0.6 is 12.4 Å². The van der Waals surface area contributed by atoms with Crippen molar-refractivity contribution in [3.05, 3.63) is 0 Å². The van der Waals surface area contributed by atoms with Crippen LogP contribution in [-0.4, -0.2) is 49.4 Å². The maximum absolute atomic E-state index is 12.2. The second-order valence-corrected chi connectivity index (χ2v) is 7.88. The van der Waals surface area contributed by atoms with Crippen molar-refractivity contribution in [3.8, 4) is 0 Å². The van der Waals surface area contributed by atoms with Gasteiger partial charge in [-0.05, 0) is 44.1 Å². The SMILES string of the molecule is CC(C)(C)C(=O)NCC1CCCN(C(=O)CNCC2CC2)C1.Cl. The molecule has 0 aromatic heterocycles. The zero-order chi connectivity index (χ0) is 16.2. The highest BCUT2D eigenvalue weighted by Crippen LogP contribution is 2.27. The second kappa shape index (κ2) is 8.88. The molecular formula is C17H32ClN3O2. The van der Waals surface area contributed by atoms with Gasteiger partial charge in [-0.2, -0.15) is 0 Å². The molecule has 134 valence electrons. The molecule has 1 atom stereocenters. The molecule has 2 rings (SSSR count). The van der Waals surface area contributed by atoms with E-state index in [0.29, 0.717) is 19.0 Å². The van der Waals surface area contributed by atoms with E-state index in [4.69, 9.17) is 0 Å². The lowest BCUT2D eigenvalue weighted by molar-refractivity contribution is -0.132. The van der Waals surface area contributed by atoms with E-state index < -0.39 is 0 Å². The highest BCUT2D eigenvalue weighted by Gasteiger charge is 2.26. The Bertz CT molecular complexity index is 405. The van der Waals surface area contributed by atoms with Crippen molar-refractivity contribution < 1.29 is 9.59 Å². The number of nitrogens with one attached hydrogen (secondary N) is 2. The molecule has 1 aliphatic carbocycles. The molecule has 2 aliphatic rings. The summed E-state index contributed by atoms with van der Waals surface area (Å²) in [7, 11) is 0. The first-order chi connectivity index (χ1) is 10.4. The maximum Gasteiger partial charge on any atom is 0.236 e. The molecule has 1 heterocycles. The highest BCUT2D eigenvalue weighted by molar-refractivity contribution is 5.85. The fourth-order valence-corrected chi connectivity index (χ4v) is 2.78. The number of nitrogens with zero attached hydrogens (tertiary/aromatic N) is 1. The van der Waals surface area contributed by atoms with Crippen LogP contribution in [0.3, 0.4) is 0 Å². The Morgan fingerprint density at radius 3 is 2.39 bits per heavy atom. The van der Waals surface area contributed by atoms with Gasteiger partial charge in [-0.1, -0.05) is 20.8 Å². The van der Waals surface area contributed by atoms with Crippen molar-refractivity contribution >= 4 is 24.2 Å². The van der Waals surface area contributed by atoms with E-state index >= 15 is 0 Å². The van der Waals surface area contributed by atoms with Gasteiger partial charge in [-0.25, -0.2) is 0 Å². The molecule has 0 aromatic carbocycles. The lowest BCUT2D eigenvalue weighted by atomic mass is 9.94. The Labute approximate surface area is 146 Å². The first kappa shape index (κ1) is 20.2. The summed E-state index contributed by atoms with van der Waals surface area (Å²) in [4.78, 5) is 26.1. The normalized spacial score (nSPS) is 21.5. The minimum atomic E-state index is -0.350. The zero-order valence-electron chi connectivity index (χ0n) is 14.7. The quantitative estimate of drug-likeness (QED) is 0.771. The van der Waals surface area contributed by atoms with Crippen molar-refractivity contribution in [1.82, 2.24) is 15.5 Å². The van der Waals surface area contributed by atoms with E-state index in [2.05, 4.69) is 10.6 Å². The maximum atomic E-state index is 12.2. The van der Waals surface area contributed by atoms with Gasteiger partial charge in [0.1, 0.15) is 0 Å². The monoisotopic (exact) mass is 345 g/mol. The minimum absolute atomic E-state index is 0. The number of hydrogen-bond acceptors (Lipinski definition) is 3. The van der Waals surface area contributed by atoms with Gasteiger partial charge in [0.2, 0.25) is 11.8 Å². The lowest BCUT2D eigenvalue weighted by Crippen LogP contribution is -2.47. The molecule has 5 nitrogen and oxygen atoms in total. The van der Waals surface area contributed by atoms with Gasteiger partial charge < -0.3 is 15.5 Å². The first-order valence-corrected chi connectivity index (χ1v) is 8.63. The van der Waals surface area contributed by atoms with Gasteiger partial charge >= 0.3 is 0 Å². The third-order valence-corrected chi connectivity index (χ3v) is 4.51. The summed E-state index contributed by atoms with van der Waals surface area (Å²) in [6.07, 6.45) is 4.73. The molecule has 2 fully saturated rings. The minimum Gasteiger partial charge on any atom is -0.355 e. The topological polar surface area (TPSA) is 61.4 Å². The Morgan fingerprint density at radius 1 is 1.09 bits per heavy atom. The number of hydrogen-bond donors (Lipinski definition) is 2. The zero-order valence-corrected chi connectivity index (χ0v) is 15.5. The van der Waals surface area contributed by atoms with Gasteiger partial charge in [0.25, 0.3) is 0 Å². The molecule has 1 unspecified atom stereocenters. The fourth-order valence-electron chi connectivity index (χ4n) is 2.78. The predicted octanol–water partition coefficient (Wildman–Crippen LogP) is 1.81. The van der Waals surface area contributed by atoms with Crippen LogP contribution in [0, 0.1) is 17.3 Å². The van der Waals surface area contributed by atoms with Crippen LogP contribution in [0.4, 0.5) is 0 Å². The lowest BCUT2D eigenvalue weighted by Gasteiger charge is -2.33. The smallest absolute Gasteiger partial charge is 0.236 e. The van der Waals surface area contributed by atoms with Gasteiger partial charge in [-0.15, -0.1) is 12.4 Å². The summed E-state index contributed by atoms with van der Waals surface area (Å²) in [5.74, 6) is 1.47. The van der Waals surface area contributed by atoms with Gasteiger partial charge in [0.05, 0.1) is 6.54 Å². The van der Waals surface area contributed by atoms with E-state index in [1.807, 2.05) is 25.7 Å². The van der Waals surface area contributed by atoms with Crippen LogP contribution in [0.15, 0.2) is 0 Å². The molecule has 0 radical (unpaired) electrons. The number of piperidine rings is 1. The Hall–Kier alpha value is -0.810. The van der Waals surface area contributed by atoms with Crippen molar-refractivity contribution in [2.24, 2.45) is 17.3 Å². The number of rotatable bonds is 6. The summed E-state index contributed by atoms with van der Waals surface area (Å²) in [6.45, 7) is 9.50. The van der Waals surface area contributed by atoms with Crippen molar-refractivity contribution in [2.75, 3.05) is 32.7 Å². The Kier molecular flexibility index (Phi) is 7.81. The Balaban J connectivity index is 0.00000264. The molecule has 0 spiro atoms. The average Bonchev–Trinajstić information content (AvgIpc) is 3.28. The number of carbonyl (C=O) groups is 2. The predicted molar refractivity (Wildman–Crippen MR) is 94.6 cm³/mol. The number of carbonyl (C=O) groups excluding carboxylic acids is 2. The van der Waals surface area contributed by atoms with Crippen molar-refractivity contribution in [1.29, 1.82) is 0 Å². The van der Waals surface area contributed by atoms with Crippen LogP contribution in [0.5, 0.6) is 0 Å². The fraction of sp³-hybridized carbons (Fsp3) is 0.882. The van der Waals surface area contributed by atoms with E-state index in [0.717, 1.165) is 38.4 Å². The Morgan fingerprint density at radius 2 is 1.78 bits per heavy atom. The van der Waals surface area contributed by atoms with Gasteiger partial charge in [0.15, 0.2) is 0 Å². The first-order valence-electron chi connectivity index (χ1n) is 8.63. The molecule has 2 amide bonds. The van der Waals surface area contributed by atoms with E-state index in [1.165, 1.54) is 12.8 Å². The molecule has 0 aromatic rings. The standard InChI is InChI=1S/C17H31N3O2.ClH/c1-17(2,3)16(22)19-10-14-5-4-8-20(12-14)15(21)11-18-9-13-6-7-13;/h13-14,18H,4-12H2,1-3H3,(H,19,22);1H. The van der Waals surface area contributed by atoms with Crippen LogP contribution in [0.1, 0.15) is 46.5 Å². The molecule has 23 heavy (non-hydrogen) atoms. The third kappa shape index (κ3) is 7.08. The number of amides is 2. The van der Waals surface area contributed by atoms with E-state index in [-0.39, 0.29) is 29.6 Å². The number of halogens is 1. The van der Waals surface area contributed by atoms with Crippen LogP contribution in [0.25, 0.3) is 0 Å². The van der Waals surface area contributed by atoms with Crippen molar-refractivity contribution in [3.63, 3.8) is 0 Å².